The smallest absolute Gasteiger partial charge is 0.270 e. The Hall–Kier alpha value is -3.44. The molecule has 3 aromatic heterocycles. The predicted octanol–water partition coefficient (Wildman–Crippen LogP) is 5.51. The van der Waals surface area contributed by atoms with Crippen molar-refractivity contribution in [1.29, 1.82) is 0 Å². The SMILES string of the molecule is CC(C)n1nccc1C(=O)N[C@H](c1cn2ncc(C(NC(=O)C[C@H]3C[C@@H](F)C3)C3CC3)cc2n1)C1CCC(F)(F)CC1. The van der Waals surface area contributed by atoms with E-state index in [2.05, 4.69) is 20.8 Å². The van der Waals surface area contributed by atoms with Crippen molar-refractivity contribution in [3.8, 4) is 0 Å². The summed E-state index contributed by atoms with van der Waals surface area (Å²) in [5.41, 5.74) is 2.34. The number of alkyl halides is 3. The zero-order valence-corrected chi connectivity index (χ0v) is 24.0. The van der Waals surface area contributed by atoms with E-state index < -0.39 is 18.1 Å². The van der Waals surface area contributed by atoms with Gasteiger partial charge >= 0.3 is 0 Å². The van der Waals surface area contributed by atoms with Crippen LogP contribution in [0.1, 0.15) is 112 Å². The number of aromatic nitrogens is 5. The molecule has 0 bridgehead atoms. The molecule has 3 fully saturated rings. The average molecular weight is 586 g/mol. The van der Waals surface area contributed by atoms with Crippen LogP contribution < -0.4 is 10.6 Å². The highest BCUT2D eigenvalue weighted by atomic mass is 19.3. The monoisotopic (exact) mass is 585 g/mol. The van der Waals surface area contributed by atoms with Gasteiger partial charge in [0.2, 0.25) is 11.8 Å². The van der Waals surface area contributed by atoms with E-state index >= 15 is 0 Å². The van der Waals surface area contributed by atoms with Crippen molar-refractivity contribution in [2.75, 3.05) is 0 Å². The van der Waals surface area contributed by atoms with Gasteiger partial charge in [0, 0.05) is 31.5 Å². The molecule has 9 nitrogen and oxygen atoms in total. The molecule has 0 radical (unpaired) electrons. The zero-order valence-electron chi connectivity index (χ0n) is 24.0. The van der Waals surface area contributed by atoms with Crippen molar-refractivity contribution >= 4 is 17.5 Å². The summed E-state index contributed by atoms with van der Waals surface area (Å²) in [5.74, 6) is -2.93. The molecule has 12 heteroatoms. The Labute approximate surface area is 242 Å². The zero-order chi connectivity index (χ0) is 29.6. The first-order valence-corrected chi connectivity index (χ1v) is 15.1. The standard InChI is InChI=1S/C30H38F3N7O2/c1-17(2)40-24(7-10-34-40)29(42)38-28(20-5-8-30(32,33)9-6-20)23-16-39-25(36-23)14-21(15-35-39)27(19-3-4-19)37-26(41)13-18-11-22(31)12-18/h7,10,14-20,22,27-28H,3-6,8-9,11-13H2,1-2H3,(H,37,41)(H,38,42)/t18-,22+,27?,28-/m0/s1. The van der Waals surface area contributed by atoms with Gasteiger partial charge in [-0.25, -0.2) is 22.7 Å². The minimum Gasteiger partial charge on any atom is -0.349 e. The number of carbonyl (C=O) groups excluding carboxylic acids is 2. The van der Waals surface area contributed by atoms with Gasteiger partial charge in [-0.2, -0.15) is 10.2 Å². The summed E-state index contributed by atoms with van der Waals surface area (Å²) in [7, 11) is 0. The molecule has 226 valence electrons. The Balaban J connectivity index is 1.25. The van der Waals surface area contributed by atoms with Crippen LogP contribution in [-0.4, -0.2) is 48.3 Å². The number of nitrogens with one attached hydrogen (secondary N) is 2. The summed E-state index contributed by atoms with van der Waals surface area (Å²) in [6, 6.07) is 2.72. The molecular weight excluding hydrogens is 547 g/mol. The summed E-state index contributed by atoms with van der Waals surface area (Å²) in [6.07, 6.45) is 7.50. The van der Waals surface area contributed by atoms with Gasteiger partial charge in [0.1, 0.15) is 11.9 Å². The van der Waals surface area contributed by atoms with Gasteiger partial charge in [-0.05, 0) is 87.8 Å². The van der Waals surface area contributed by atoms with Crippen molar-refractivity contribution in [1.82, 2.24) is 35.0 Å². The fourth-order valence-corrected chi connectivity index (χ4v) is 6.40. The maximum Gasteiger partial charge on any atom is 0.270 e. The number of hydrogen-bond donors (Lipinski definition) is 2. The quantitative estimate of drug-likeness (QED) is 0.327. The van der Waals surface area contributed by atoms with Crippen LogP contribution in [0.2, 0.25) is 0 Å². The molecule has 3 aliphatic carbocycles. The van der Waals surface area contributed by atoms with Crippen LogP contribution in [0.5, 0.6) is 0 Å². The van der Waals surface area contributed by atoms with E-state index in [1.807, 2.05) is 19.9 Å². The van der Waals surface area contributed by atoms with E-state index in [0.717, 1.165) is 18.4 Å². The molecule has 42 heavy (non-hydrogen) atoms. The normalized spacial score (nSPS) is 23.9. The molecule has 3 aliphatic rings. The maximum atomic E-state index is 14.1. The Morgan fingerprint density at radius 1 is 1.05 bits per heavy atom. The van der Waals surface area contributed by atoms with Crippen LogP contribution in [-0.2, 0) is 4.79 Å². The van der Waals surface area contributed by atoms with Crippen molar-refractivity contribution in [3.05, 3.63) is 47.7 Å². The van der Waals surface area contributed by atoms with E-state index in [4.69, 9.17) is 4.98 Å². The first-order chi connectivity index (χ1) is 20.1. The molecule has 0 saturated heterocycles. The molecule has 3 heterocycles. The van der Waals surface area contributed by atoms with Crippen molar-refractivity contribution in [2.45, 2.75) is 102 Å². The van der Waals surface area contributed by atoms with E-state index in [1.54, 1.807) is 33.9 Å². The van der Waals surface area contributed by atoms with Gasteiger partial charge in [-0.1, -0.05) is 0 Å². The third kappa shape index (κ3) is 6.17. The van der Waals surface area contributed by atoms with Crippen LogP contribution in [0, 0.1) is 17.8 Å². The van der Waals surface area contributed by atoms with Gasteiger partial charge in [0.15, 0.2) is 5.65 Å². The highest BCUT2D eigenvalue weighted by Gasteiger charge is 2.40. The Morgan fingerprint density at radius 2 is 1.76 bits per heavy atom. The Morgan fingerprint density at radius 3 is 2.43 bits per heavy atom. The van der Waals surface area contributed by atoms with Crippen molar-refractivity contribution in [3.63, 3.8) is 0 Å². The lowest BCUT2D eigenvalue weighted by molar-refractivity contribution is -0.124. The third-order valence-electron chi connectivity index (χ3n) is 9.01. The minimum atomic E-state index is -2.70. The fraction of sp³-hybridized carbons (Fsp3) is 0.633. The number of hydrogen-bond acceptors (Lipinski definition) is 5. The summed E-state index contributed by atoms with van der Waals surface area (Å²) in [4.78, 5) is 31.0. The first kappa shape index (κ1) is 28.7. The first-order valence-electron chi connectivity index (χ1n) is 15.1. The molecule has 3 aromatic rings. The van der Waals surface area contributed by atoms with E-state index in [-0.39, 0.29) is 61.4 Å². The molecule has 2 amide bonds. The Kier molecular flexibility index (Phi) is 7.74. The number of fused-ring (bicyclic) bond motifs is 1. The van der Waals surface area contributed by atoms with Crippen LogP contribution in [0.15, 0.2) is 30.7 Å². The van der Waals surface area contributed by atoms with Crippen LogP contribution in [0.25, 0.3) is 5.65 Å². The summed E-state index contributed by atoms with van der Waals surface area (Å²) < 4.78 is 44.6. The lowest BCUT2D eigenvalue weighted by Gasteiger charge is -2.33. The molecule has 0 spiro atoms. The van der Waals surface area contributed by atoms with Gasteiger partial charge < -0.3 is 10.6 Å². The number of rotatable bonds is 10. The summed E-state index contributed by atoms with van der Waals surface area (Å²) >= 11 is 0. The molecule has 1 unspecified atom stereocenters. The fourth-order valence-electron chi connectivity index (χ4n) is 6.40. The molecule has 0 aliphatic heterocycles. The van der Waals surface area contributed by atoms with E-state index in [1.165, 1.54) is 0 Å². The van der Waals surface area contributed by atoms with Crippen LogP contribution in [0.4, 0.5) is 13.2 Å². The summed E-state index contributed by atoms with van der Waals surface area (Å²) in [5, 5.41) is 15.0. The van der Waals surface area contributed by atoms with Crippen LogP contribution >= 0.6 is 0 Å². The molecule has 6 rings (SSSR count). The second kappa shape index (κ2) is 11.3. The number of imidazole rings is 1. The topological polar surface area (TPSA) is 106 Å². The molecule has 2 atom stereocenters. The molecule has 0 aromatic carbocycles. The van der Waals surface area contributed by atoms with Crippen molar-refractivity contribution in [2.24, 2.45) is 17.8 Å². The maximum absolute atomic E-state index is 14.1. The average Bonchev–Trinajstić information content (AvgIpc) is 3.47. The van der Waals surface area contributed by atoms with Gasteiger partial charge in [-0.15, -0.1) is 0 Å². The van der Waals surface area contributed by atoms with Crippen molar-refractivity contribution < 1.29 is 22.8 Å². The van der Waals surface area contributed by atoms with Gasteiger partial charge in [-0.3, -0.25) is 14.3 Å². The number of nitrogens with zero attached hydrogens (tertiary/aromatic N) is 5. The predicted molar refractivity (Wildman–Crippen MR) is 149 cm³/mol. The highest BCUT2D eigenvalue weighted by molar-refractivity contribution is 5.92. The Bertz CT molecular complexity index is 1430. The second-order valence-corrected chi connectivity index (χ2v) is 12.7. The lowest BCUT2D eigenvalue weighted by Crippen LogP contribution is -2.38. The largest absolute Gasteiger partial charge is 0.349 e. The van der Waals surface area contributed by atoms with Gasteiger partial charge in [0.25, 0.3) is 5.91 Å². The molecule has 3 saturated carbocycles. The third-order valence-corrected chi connectivity index (χ3v) is 9.01. The van der Waals surface area contributed by atoms with Gasteiger partial charge in [0.05, 0.1) is 30.2 Å². The number of carbonyl (C=O) groups is 2. The second-order valence-electron chi connectivity index (χ2n) is 12.7. The van der Waals surface area contributed by atoms with E-state index in [9.17, 15) is 22.8 Å². The number of amides is 2. The number of halogens is 3. The highest BCUT2D eigenvalue weighted by Crippen LogP contribution is 2.43. The van der Waals surface area contributed by atoms with Crippen LogP contribution in [0.3, 0.4) is 0 Å². The molecular formula is C30H38F3N7O2. The summed E-state index contributed by atoms with van der Waals surface area (Å²) in [6.45, 7) is 3.86. The lowest BCUT2D eigenvalue weighted by atomic mass is 9.81. The molecule has 2 N–H and O–H groups in total. The van der Waals surface area contributed by atoms with E-state index in [0.29, 0.717) is 42.2 Å². The minimum absolute atomic E-state index is 0.0281.